The van der Waals surface area contributed by atoms with Crippen LogP contribution >= 0.6 is 0 Å². The van der Waals surface area contributed by atoms with E-state index in [-0.39, 0.29) is 0 Å². The number of aliphatic hydroxyl groups excluding tert-OH is 4. The van der Waals surface area contributed by atoms with Crippen molar-refractivity contribution in [2.45, 2.75) is 31.3 Å². The average Bonchev–Trinajstić information content (AvgIpc) is 2.33. The average molecular weight is 252 g/mol. The molecule has 0 aromatic rings. The van der Waals surface area contributed by atoms with Crippen molar-refractivity contribution < 1.29 is 39.9 Å². The largest absolute Gasteiger partial charge is 0.479 e. The fourth-order valence-corrected chi connectivity index (χ4v) is 0.915. The van der Waals surface area contributed by atoms with Gasteiger partial charge in [0, 0.05) is 6.92 Å². The standard InChI is InChI=1S/C8H13NO8/c1-2(10)9-7(15)5(13)3(11)4(12)6(14)8(16)17/h3-6,11-14H,1H3,(H,16,17)(H,9,10,15)/t3-,4+,5+,6-/m0/s1/i/hD. The lowest BCUT2D eigenvalue weighted by Crippen LogP contribution is -2.53. The number of amides is 2. The number of carboxylic acid groups (broad SMARTS) is 1. The van der Waals surface area contributed by atoms with Gasteiger partial charge in [0.15, 0.2) is 12.2 Å². The molecule has 98 valence electrons. The van der Waals surface area contributed by atoms with Crippen LogP contribution in [0.15, 0.2) is 0 Å². The quantitative estimate of drug-likeness (QED) is 0.289. The molecule has 0 aromatic heterocycles. The molecule has 17 heavy (non-hydrogen) atoms. The summed E-state index contributed by atoms with van der Waals surface area (Å²) < 4.78 is 6.17. The van der Waals surface area contributed by atoms with Gasteiger partial charge in [-0.1, -0.05) is 0 Å². The summed E-state index contributed by atoms with van der Waals surface area (Å²) in [6.45, 7) is 0.972. The first-order valence-electron chi connectivity index (χ1n) is 4.83. The maximum absolute atomic E-state index is 11.1. The van der Waals surface area contributed by atoms with E-state index in [2.05, 4.69) is 5.11 Å². The van der Waals surface area contributed by atoms with E-state index in [4.69, 9.17) is 6.54 Å². The van der Waals surface area contributed by atoms with Gasteiger partial charge in [0.2, 0.25) is 5.91 Å². The predicted molar refractivity (Wildman–Crippen MR) is 50.5 cm³/mol. The summed E-state index contributed by atoms with van der Waals surface area (Å²) in [5.41, 5.74) is 0. The van der Waals surface area contributed by atoms with E-state index in [0.29, 0.717) is 0 Å². The van der Waals surface area contributed by atoms with Crippen LogP contribution < -0.4 is 5.32 Å². The summed E-state index contributed by atoms with van der Waals surface area (Å²) in [4.78, 5) is 32.2. The SMILES string of the molecule is [2H]OC(=O)[C@@H](O)[C@H](O)[C@H](O)[C@@H](O)C(=O)NC(C)=O. The molecule has 0 rings (SSSR count). The van der Waals surface area contributed by atoms with E-state index >= 15 is 0 Å². The fourth-order valence-electron chi connectivity index (χ4n) is 0.915. The molecule has 0 radical (unpaired) electrons. The highest BCUT2D eigenvalue weighted by atomic mass is 16.4. The number of aliphatic carboxylic acids is 1. The van der Waals surface area contributed by atoms with E-state index in [1.807, 2.05) is 0 Å². The van der Waals surface area contributed by atoms with Crippen molar-refractivity contribution in [2.24, 2.45) is 0 Å². The number of nitrogens with one attached hydrogen (secondary N) is 1. The highest BCUT2D eigenvalue weighted by Gasteiger charge is 2.37. The molecule has 0 fully saturated rings. The highest BCUT2D eigenvalue weighted by Crippen LogP contribution is 2.05. The zero-order chi connectivity index (χ0) is 14.5. The molecular formula is C8H13NO8. The van der Waals surface area contributed by atoms with Crippen molar-refractivity contribution in [3.8, 4) is 0 Å². The second-order valence-corrected chi connectivity index (χ2v) is 3.24. The van der Waals surface area contributed by atoms with Crippen molar-refractivity contribution >= 4 is 17.8 Å². The van der Waals surface area contributed by atoms with Gasteiger partial charge in [-0.15, -0.1) is 0 Å². The number of carboxylic acids is 1. The van der Waals surface area contributed by atoms with Gasteiger partial charge < -0.3 is 25.5 Å². The molecule has 2 amide bonds. The van der Waals surface area contributed by atoms with Crippen LogP contribution in [-0.4, -0.2) is 67.7 Å². The zero-order valence-corrected chi connectivity index (χ0v) is 8.73. The monoisotopic (exact) mass is 252 g/mol. The van der Waals surface area contributed by atoms with Crippen LogP contribution in [0.25, 0.3) is 1.43 Å². The predicted octanol–water partition coefficient (Wildman–Crippen LogP) is -3.82. The Morgan fingerprint density at radius 2 is 1.53 bits per heavy atom. The van der Waals surface area contributed by atoms with Crippen LogP contribution in [0.2, 0.25) is 0 Å². The fraction of sp³-hybridized carbons (Fsp3) is 0.625. The Hall–Kier alpha value is -1.55. The maximum Gasteiger partial charge on any atom is 0.335 e. The first-order valence-corrected chi connectivity index (χ1v) is 4.43. The number of hydrogen-bond donors (Lipinski definition) is 6. The molecule has 0 spiro atoms. The van der Waals surface area contributed by atoms with E-state index in [1.165, 1.54) is 0 Å². The molecule has 0 aliphatic heterocycles. The van der Waals surface area contributed by atoms with Crippen LogP contribution in [0.5, 0.6) is 0 Å². The highest BCUT2D eigenvalue weighted by molar-refractivity contribution is 5.96. The van der Waals surface area contributed by atoms with Gasteiger partial charge in [-0.2, -0.15) is 0 Å². The number of carbonyl (C=O) groups excluding carboxylic acids is 2. The van der Waals surface area contributed by atoms with Gasteiger partial charge in [0.1, 0.15) is 12.2 Å². The number of hydrogen-bond acceptors (Lipinski definition) is 8. The third kappa shape index (κ3) is 4.44. The zero-order valence-electron chi connectivity index (χ0n) is 9.73. The van der Waals surface area contributed by atoms with Crippen molar-refractivity contribution in [1.29, 1.82) is 1.43 Å². The number of imide groups is 1. The minimum Gasteiger partial charge on any atom is -0.479 e. The van der Waals surface area contributed by atoms with Gasteiger partial charge >= 0.3 is 5.97 Å². The molecule has 0 aliphatic rings. The van der Waals surface area contributed by atoms with Crippen LogP contribution in [0.3, 0.4) is 0 Å². The molecule has 0 unspecified atom stereocenters. The Balaban J connectivity index is 4.62. The first-order chi connectivity index (χ1) is 8.22. The lowest BCUT2D eigenvalue weighted by Gasteiger charge is -2.23. The summed E-state index contributed by atoms with van der Waals surface area (Å²) in [5.74, 6) is -3.71. The number of rotatable bonds is 5. The van der Waals surface area contributed by atoms with Crippen molar-refractivity contribution in [1.82, 2.24) is 5.32 Å². The van der Waals surface area contributed by atoms with Gasteiger partial charge in [-0.05, 0) is 0 Å². The van der Waals surface area contributed by atoms with Crippen molar-refractivity contribution in [3.05, 3.63) is 0 Å². The van der Waals surface area contributed by atoms with Gasteiger partial charge in [-0.3, -0.25) is 14.9 Å². The van der Waals surface area contributed by atoms with E-state index in [0.717, 1.165) is 6.92 Å². The number of aliphatic hydroxyl groups is 4. The molecule has 9 heteroatoms. The Bertz CT molecular complexity index is 335. The lowest BCUT2D eigenvalue weighted by molar-refractivity contribution is -0.166. The molecule has 0 heterocycles. The Kier molecular flexibility index (Phi) is 4.97. The molecule has 0 saturated heterocycles. The molecule has 9 nitrogen and oxygen atoms in total. The minimum atomic E-state index is -2.32. The summed E-state index contributed by atoms with van der Waals surface area (Å²) in [7, 11) is 0. The third-order valence-corrected chi connectivity index (χ3v) is 1.81. The van der Waals surface area contributed by atoms with E-state index in [1.54, 1.807) is 5.32 Å². The van der Waals surface area contributed by atoms with E-state index < -0.39 is 42.2 Å². The van der Waals surface area contributed by atoms with Gasteiger partial charge in [-0.25, -0.2) is 4.79 Å². The third-order valence-electron chi connectivity index (χ3n) is 1.81. The van der Waals surface area contributed by atoms with Crippen LogP contribution in [0.4, 0.5) is 0 Å². The Morgan fingerprint density at radius 1 is 1.06 bits per heavy atom. The summed E-state index contributed by atoms with van der Waals surface area (Å²) >= 11 is 0. The topological polar surface area (TPSA) is 164 Å². The molecule has 0 aromatic carbocycles. The molecular weight excluding hydrogens is 238 g/mol. The molecule has 6 N–H and O–H groups in total. The summed E-state index contributed by atoms with van der Waals surface area (Å²) in [6.07, 6.45) is -9.09. The normalized spacial score (nSPS) is 18.3. The van der Waals surface area contributed by atoms with Gasteiger partial charge in [0.25, 0.3) is 7.34 Å². The van der Waals surface area contributed by atoms with Crippen LogP contribution in [0.1, 0.15) is 6.92 Å². The second kappa shape index (κ2) is 6.25. The minimum absolute atomic E-state index is 0.813. The van der Waals surface area contributed by atoms with E-state index in [9.17, 15) is 29.7 Å². The summed E-state index contributed by atoms with van der Waals surface area (Å²) in [5, 5.41) is 41.8. The lowest BCUT2D eigenvalue weighted by atomic mass is 10.0. The maximum atomic E-state index is 11.1. The van der Waals surface area contributed by atoms with Crippen LogP contribution in [-0.2, 0) is 14.4 Å². The summed E-state index contributed by atoms with van der Waals surface area (Å²) in [6, 6.07) is 0. The van der Waals surface area contributed by atoms with Crippen LogP contribution in [0, 0.1) is 0 Å². The molecule has 0 bridgehead atoms. The molecule has 0 saturated carbocycles. The van der Waals surface area contributed by atoms with Gasteiger partial charge in [0.05, 0.1) is 0 Å². The van der Waals surface area contributed by atoms with Crippen molar-refractivity contribution in [2.75, 3.05) is 0 Å². The molecule has 0 aliphatic carbocycles. The first kappa shape index (κ1) is 13.5. The smallest absolute Gasteiger partial charge is 0.335 e. The Labute approximate surface area is 96.8 Å². The number of carbonyl (C=O) groups is 3. The second-order valence-electron chi connectivity index (χ2n) is 3.24. The molecule has 4 atom stereocenters. The Morgan fingerprint density at radius 3 is 1.94 bits per heavy atom. The van der Waals surface area contributed by atoms with Crippen molar-refractivity contribution in [3.63, 3.8) is 0 Å².